The number of ether oxygens (including phenoxy) is 5. The van der Waals surface area contributed by atoms with Crippen LogP contribution in [0.4, 0.5) is 0 Å². The van der Waals surface area contributed by atoms with Gasteiger partial charge < -0.3 is 33.7 Å². The Labute approximate surface area is 233 Å². The molecule has 0 aliphatic carbocycles. The van der Waals surface area contributed by atoms with Gasteiger partial charge in [-0.2, -0.15) is 0 Å². The summed E-state index contributed by atoms with van der Waals surface area (Å²) in [7, 11) is 5.96. The number of aliphatic hydroxyl groups is 1. The van der Waals surface area contributed by atoms with Crippen LogP contribution in [0, 0.1) is 6.92 Å². The lowest BCUT2D eigenvalue weighted by Crippen LogP contribution is -2.32. The van der Waals surface area contributed by atoms with Crippen molar-refractivity contribution >= 4 is 17.4 Å². The predicted molar refractivity (Wildman–Crippen MR) is 149 cm³/mol. The SMILES string of the molecule is COCCN1C(=O)C(=O)C(=C(O)c2ccc(OCc3ccccc3)cc2C)C1c1cc(OC)c(OC)c(OC)c1. The lowest BCUT2D eigenvalue weighted by molar-refractivity contribution is -0.140. The summed E-state index contributed by atoms with van der Waals surface area (Å²) in [6, 6.07) is 17.4. The summed E-state index contributed by atoms with van der Waals surface area (Å²) in [6.07, 6.45) is 0. The van der Waals surface area contributed by atoms with Gasteiger partial charge in [0.25, 0.3) is 11.7 Å². The van der Waals surface area contributed by atoms with Gasteiger partial charge in [-0.05, 0) is 53.9 Å². The Balaban J connectivity index is 1.79. The van der Waals surface area contributed by atoms with Gasteiger partial charge in [0.1, 0.15) is 18.1 Å². The third-order valence-electron chi connectivity index (χ3n) is 6.78. The smallest absolute Gasteiger partial charge is 0.295 e. The number of hydrogen-bond donors (Lipinski definition) is 1. The third kappa shape index (κ3) is 5.60. The second kappa shape index (κ2) is 12.6. The molecule has 1 aliphatic rings. The van der Waals surface area contributed by atoms with E-state index in [-0.39, 0.29) is 24.5 Å². The van der Waals surface area contributed by atoms with E-state index in [4.69, 9.17) is 23.7 Å². The van der Waals surface area contributed by atoms with Gasteiger partial charge in [0.05, 0.1) is 39.6 Å². The predicted octanol–water partition coefficient (Wildman–Crippen LogP) is 4.67. The molecule has 0 bridgehead atoms. The van der Waals surface area contributed by atoms with Crippen molar-refractivity contribution in [1.82, 2.24) is 4.90 Å². The van der Waals surface area contributed by atoms with Crippen molar-refractivity contribution in [2.75, 3.05) is 41.6 Å². The van der Waals surface area contributed by atoms with Gasteiger partial charge in [-0.3, -0.25) is 9.59 Å². The number of benzene rings is 3. The highest BCUT2D eigenvalue weighted by atomic mass is 16.5. The van der Waals surface area contributed by atoms with E-state index in [0.717, 1.165) is 5.56 Å². The monoisotopic (exact) mass is 547 g/mol. The van der Waals surface area contributed by atoms with Crippen LogP contribution < -0.4 is 18.9 Å². The Kier molecular flexibility index (Phi) is 8.96. The quantitative estimate of drug-likeness (QED) is 0.210. The first-order valence-corrected chi connectivity index (χ1v) is 12.7. The number of carbonyl (C=O) groups excluding carboxylic acids is 2. The topological polar surface area (TPSA) is 104 Å². The first kappa shape index (κ1) is 28.5. The lowest BCUT2D eigenvalue weighted by atomic mass is 9.93. The number of carbonyl (C=O) groups is 2. The third-order valence-corrected chi connectivity index (χ3v) is 6.78. The van der Waals surface area contributed by atoms with Crippen molar-refractivity contribution in [3.63, 3.8) is 0 Å². The minimum Gasteiger partial charge on any atom is -0.507 e. The lowest BCUT2D eigenvalue weighted by Gasteiger charge is -2.26. The van der Waals surface area contributed by atoms with Crippen LogP contribution in [-0.2, 0) is 20.9 Å². The molecule has 0 spiro atoms. The molecule has 210 valence electrons. The van der Waals surface area contributed by atoms with E-state index in [9.17, 15) is 14.7 Å². The number of rotatable bonds is 11. The van der Waals surface area contributed by atoms with Gasteiger partial charge in [-0.1, -0.05) is 30.3 Å². The van der Waals surface area contributed by atoms with E-state index in [1.54, 1.807) is 37.3 Å². The van der Waals surface area contributed by atoms with Crippen molar-refractivity contribution in [1.29, 1.82) is 0 Å². The molecule has 0 radical (unpaired) electrons. The molecule has 1 N–H and O–H groups in total. The van der Waals surface area contributed by atoms with Crippen molar-refractivity contribution in [3.8, 4) is 23.0 Å². The molecule has 1 atom stereocenters. The molecule has 1 fully saturated rings. The Morgan fingerprint density at radius 2 is 1.57 bits per heavy atom. The molecule has 0 saturated carbocycles. The van der Waals surface area contributed by atoms with E-state index in [1.165, 1.54) is 33.3 Å². The normalized spacial score (nSPS) is 16.2. The first-order chi connectivity index (χ1) is 19.3. The van der Waals surface area contributed by atoms with Crippen LogP contribution in [0.3, 0.4) is 0 Å². The van der Waals surface area contributed by atoms with Crippen molar-refractivity contribution < 1.29 is 38.4 Å². The van der Waals surface area contributed by atoms with Crippen molar-refractivity contribution in [3.05, 3.63) is 88.5 Å². The Bertz CT molecular complexity index is 1390. The molecule has 1 amide bonds. The Morgan fingerprint density at radius 1 is 0.900 bits per heavy atom. The molecule has 1 heterocycles. The summed E-state index contributed by atoms with van der Waals surface area (Å²) in [5.74, 6) is -0.141. The second-order valence-corrected chi connectivity index (χ2v) is 9.19. The highest BCUT2D eigenvalue weighted by Crippen LogP contribution is 2.46. The van der Waals surface area contributed by atoms with Gasteiger partial charge >= 0.3 is 0 Å². The number of amides is 1. The maximum absolute atomic E-state index is 13.4. The fourth-order valence-electron chi connectivity index (χ4n) is 4.78. The molecular formula is C31H33NO8. The summed E-state index contributed by atoms with van der Waals surface area (Å²) >= 11 is 0. The van der Waals surface area contributed by atoms with Crippen molar-refractivity contribution in [2.45, 2.75) is 19.6 Å². The fourth-order valence-corrected chi connectivity index (χ4v) is 4.78. The molecule has 9 heteroatoms. The molecule has 4 rings (SSSR count). The van der Waals surface area contributed by atoms with E-state index in [1.807, 2.05) is 30.3 Å². The van der Waals surface area contributed by atoms with E-state index >= 15 is 0 Å². The molecule has 1 aliphatic heterocycles. The van der Waals surface area contributed by atoms with E-state index in [2.05, 4.69) is 0 Å². The van der Waals surface area contributed by atoms with Gasteiger partial charge in [0.15, 0.2) is 11.5 Å². The summed E-state index contributed by atoms with van der Waals surface area (Å²) in [4.78, 5) is 28.0. The Morgan fingerprint density at radius 3 is 2.15 bits per heavy atom. The molecule has 3 aromatic rings. The van der Waals surface area contributed by atoms with Crippen LogP contribution in [0.5, 0.6) is 23.0 Å². The molecule has 40 heavy (non-hydrogen) atoms. The number of aliphatic hydroxyl groups excluding tert-OH is 1. The standard InChI is InChI=1S/C31H33NO8/c1-19-15-22(40-18-20-9-7-6-8-10-20)11-12-23(19)28(33)26-27(32(13-14-36-2)31(35)29(26)34)21-16-24(37-3)30(39-5)25(17-21)38-4/h6-12,15-17,27,33H,13-14,18H2,1-5H3. The Hall–Kier alpha value is -4.50. The van der Waals surface area contributed by atoms with Crippen LogP contribution in [0.1, 0.15) is 28.3 Å². The number of nitrogens with zero attached hydrogens (tertiary/aromatic N) is 1. The average Bonchev–Trinajstić information content (AvgIpc) is 3.23. The largest absolute Gasteiger partial charge is 0.507 e. The summed E-state index contributed by atoms with van der Waals surface area (Å²) in [5.41, 5.74) is 2.57. The van der Waals surface area contributed by atoms with Gasteiger partial charge in [0, 0.05) is 19.2 Å². The summed E-state index contributed by atoms with van der Waals surface area (Å²) < 4.78 is 27.6. The summed E-state index contributed by atoms with van der Waals surface area (Å²) in [5, 5.41) is 11.5. The number of hydrogen-bond acceptors (Lipinski definition) is 8. The minimum absolute atomic E-state index is 0.0450. The number of Topliss-reactive ketones (excluding diaryl/α,β-unsaturated/α-hetero) is 1. The minimum atomic E-state index is -0.919. The van der Waals surface area contributed by atoms with Crippen LogP contribution in [0.15, 0.2) is 66.2 Å². The van der Waals surface area contributed by atoms with Gasteiger partial charge in [-0.15, -0.1) is 0 Å². The van der Waals surface area contributed by atoms with Crippen LogP contribution in [0.25, 0.3) is 5.76 Å². The zero-order valence-corrected chi connectivity index (χ0v) is 23.2. The molecule has 9 nitrogen and oxygen atoms in total. The molecule has 1 unspecified atom stereocenters. The van der Waals surface area contributed by atoms with E-state index < -0.39 is 17.7 Å². The van der Waals surface area contributed by atoms with Crippen LogP contribution in [0.2, 0.25) is 0 Å². The van der Waals surface area contributed by atoms with E-state index in [0.29, 0.717) is 46.3 Å². The maximum Gasteiger partial charge on any atom is 0.295 e. The maximum atomic E-state index is 13.4. The zero-order chi connectivity index (χ0) is 28.8. The first-order valence-electron chi connectivity index (χ1n) is 12.7. The highest BCUT2D eigenvalue weighted by molar-refractivity contribution is 6.46. The highest BCUT2D eigenvalue weighted by Gasteiger charge is 2.46. The van der Waals surface area contributed by atoms with Gasteiger partial charge in [-0.25, -0.2) is 0 Å². The van der Waals surface area contributed by atoms with Crippen LogP contribution >= 0.6 is 0 Å². The summed E-state index contributed by atoms with van der Waals surface area (Å²) in [6.45, 7) is 2.52. The number of ketones is 1. The molecule has 0 aromatic heterocycles. The molecular weight excluding hydrogens is 514 g/mol. The molecule has 1 saturated heterocycles. The second-order valence-electron chi connectivity index (χ2n) is 9.19. The zero-order valence-electron chi connectivity index (χ0n) is 23.2. The van der Waals surface area contributed by atoms with Crippen LogP contribution in [-0.4, -0.2) is 63.3 Å². The number of aryl methyl sites for hydroxylation is 1. The van der Waals surface area contributed by atoms with Gasteiger partial charge in [0.2, 0.25) is 5.75 Å². The number of methoxy groups -OCH3 is 4. The fraction of sp³-hybridized carbons (Fsp3) is 0.290. The molecule has 3 aromatic carbocycles. The number of likely N-dealkylation sites (tertiary alicyclic amines) is 1. The average molecular weight is 548 g/mol. The van der Waals surface area contributed by atoms with Crippen molar-refractivity contribution in [2.24, 2.45) is 0 Å².